The number of hydrogen-bond donors (Lipinski definition) is 2. The average molecular weight is 314 g/mol. The number of hydrogen-bond acceptors (Lipinski definition) is 2. The third kappa shape index (κ3) is 2.93. The van der Waals surface area contributed by atoms with E-state index < -0.39 is 0 Å². The molecule has 3 aromatic rings. The molecule has 2 atom stereocenters. The van der Waals surface area contributed by atoms with Crippen LogP contribution in [0.15, 0.2) is 84.9 Å². The summed E-state index contributed by atoms with van der Waals surface area (Å²) in [6.45, 7) is 2.24. The lowest BCUT2D eigenvalue weighted by Gasteiger charge is -2.43. The van der Waals surface area contributed by atoms with Crippen molar-refractivity contribution in [3.63, 3.8) is 0 Å². The zero-order valence-corrected chi connectivity index (χ0v) is 13.9. The molecule has 0 radical (unpaired) electrons. The zero-order chi connectivity index (χ0) is 16.4. The SMILES string of the molecule is C[C@]1(Cc2ccccc2)Nc2ccccc2[C@@H](c2ccccc2)N1. The summed E-state index contributed by atoms with van der Waals surface area (Å²) in [4.78, 5) is 0. The number of fused-ring (bicyclic) bond motifs is 1. The number of para-hydroxylation sites is 1. The molecule has 0 amide bonds. The predicted molar refractivity (Wildman–Crippen MR) is 100 cm³/mol. The van der Waals surface area contributed by atoms with Gasteiger partial charge in [0.2, 0.25) is 0 Å². The van der Waals surface area contributed by atoms with Crippen LogP contribution in [0.2, 0.25) is 0 Å². The number of anilines is 1. The first-order valence-corrected chi connectivity index (χ1v) is 8.47. The highest BCUT2D eigenvalue weighted by atomic mass is 15.2. The van der Waals surface area contributed by atoms with E-state index in [1.165, 1.54) is 22.4 Å². The van der Waals surface area contributed by atoms with Gasteiger partial charge in [-0.3, -0.25) is 5.32 Å². The number of rotatable bonds is 3. The molecule has 0 aliphatic carbocycles. The molecular formula is C22H22N2. The lowest BCUT2D eigenvalue weighted by Crippen LogP contribution is -2.55. The monoisotopic (exact) mass is 314 g/mol. The van der Waals surface area contributed by atoms with Crippen molar-refractivity contribution < 1.29 is 0 Å². The van der Waals surface area contributed by atoms with E-state index in [9.17, 15) is 0 Å². The van der Waals surface area contributed by atoms with Crippen molar-refractivity contribution in [2.75, 3.05) is 5.32 Å². The minimum Gasteiger partial charge on any atom is -0.367 e. The van der Waals surface area contributed by atoms with Crippen LogP contribution in [-0.2, 0) is 6.42 Å². The Kier molecular flexibility index (Phi) is 3.83. The molecule has 3 aromatic carbocycles. The van der Waals surface area contributed by atoms with Gasteiger partial charge in [0, 0.05) is 12.1 Å². The van der Waals surface area contributed by atoms with Gasteiger partial charge in [-0.2, -0.15) is 0 Å². The molecule has 0 spiro atoms. The van der Waals surface area contributed by atoms with Crippen LogP contribution in [0.1, 0.15) is 29.7 Å². The quantitative estimate of drug-likeness (QED) is 0.729. The standard InChI is InChI=1S/C22H22N2/c1-22(16-17-10-4-2-5-11-17)23-20-15-9-8-14-19(20)21(24-22)18-12-6-3-7-13-18/h2-15,21,23-24H,16H2,1H3/t21-,22+/m1/s1. The van der Waals surface area contributed by atoms with E-state index in [0.717, 1.165) is 6.42 Å². The Bertz CT molecular complexity index is 814. The Morgan fingerprint density at radius 1 is 0.792 bits per heavy atom. The Hall–Kier alpha value is -2.58. The summed E-state index contributed by atoms with van der Waals surface area (Å²) in [7, 11) is 0. The summed E-state index contributed by atoms with van der Waals surface area (Å²) in [5.41, 5.74) is 4.94. The molecule has 2 N–H and O–H groups in total. The molecule has 0 saturated heterocycles. The molecule has 120 valence electrons. The molecule has 0 unspecified atom stereocenters. The van der Waals surface area contributed by atoms with Gasteiger partial charge in [0.05, 0.1) is 11.7 Å². The van der Waals surface area contributed by atoms with Gasteiger partial charge in [-0.1, -0.05) is 78.9 Å². The van der Waals surface area contributed by atoms with Gasteiger partial charge in [-0.25, -0.2) is 0 Å². The number of benzene rings is 3. The van der Waals surface area contributed by atoms with Gasteiger partial charge in [0.25, 0.3) is 0 Å². The summed E-state index contributed by atoms with van der Waals surface area (Å²) < 4.78 is 0. The molecule has 2 nitrogen and oxygen atoms in total. The molecule has 24 heavy (non-hydrogen) atoms. The van der Waals surface area contributed by atoms with Gasteiger partial charge in [-0.05, 0) is 29.7 Å². The van der Waals surface area contributed by atoms with E-state index >= 15 is 0 Å². The smallest absolute Gasteiger partial charge is 0.0901 e. The summed E-state index contributed by atoms with van der Waals surface area (Å²) in [6, 6.07) is 30.1. The molecular weight excluding hydrogens is 292 g/mol. The van der Waals surface area contributed by atoms with Crippen LogP contribution in [0, 0.1) is 0 Å². The lowest BCUT2D eigenvalue weighted by molar-refractivity contribution is 0.354. The van der Waals surface area contributed by atoms with Crippen molar-refractivity contribution in [3.05, 3.63) is 102 Å². The van der Waals surface area contributed by atoms with E-state index in [4.69, 9.17) is 0 Å². The predicted octanol–water partition coefficient (Wildman–Crippen LogP) is 4.75. The molecule has 1 heterocycles. The summed E-state index contributed by atoms with van der Waals surface area (Å²) in [5, 5.41) is 7.55. The molecule has 0 fully saturated rings. The largest absolute Gasteiger partial charge is 0.367 e. The summed E-state index contributed by atoms with van der Waals surface area (Å²) in [6.07, 6.45) is 0.922. The minimum absolute atomic E-state index is 0.192. The normalized spacial score (nSPS) is 22.5. The van der Waals surface area contributed by atoms with Crippen LogP contribution in [0.3, 0.4) is 0 Å². The minimum atomic E-state index is -0.198. The zero-order valence-electron chi connectivity index (χ0n) is 13.9. The van der Waals surface area contributed by atoms with Crippen molar-refractivity contribution in [3.8, 4) is 0 Å². The second-order valence-electron chi connectivity index (χ2n) is 6.69. The molecule has 0 bridgehead atoms. The first kappa shape index (κ1) is 15.0. The topological polar surface area (TPSA) is 24.1 Å². The Balaban J connectivity index is 1.72. The highest BCUT2D eigenvalue weighted by Gasteiger charge is 2.34. The second kappa shape index (κ2) is 6.14. The van der Waals surface area contributed by atoms with Crippen LogP contribution in [0.4, 0.5) is 5.69 Å². The van der Waals surface area contributed by atoms with Gasteiger partial charge in [0.1, 0.15) is 0 Å². The third-order valence-electron chi connectivity index (χ3n) is 4.68. The molecule has 0 saturated carbocycles. The van der Waals surface area contributed by atoms with E-state index in [0.29, 0.717) is 0 Å². The van der Waals surface area contributed by atoms with Crippen LogP contribution in [0.25, 0.3) is 0 Å². The van der Waals surface area contributed by atoms with Crippen molar-refractivity contribution >= 4 is 5.69 Å². The van der Waals surface area contributed by atoms with Crippen LogP contribution in [-0.4, -0.2) is 5.66 Å². The van der Waals surface area contributed by atoms with Crippen LogP contribution in [0.5, 0.6) is 0 Å². The van der Waals surface area contributed by atoms with Gasteiger partial charge >= 0.3 is 0 Å². The molecule has 4 rings (SSSR count). The molecule has 0 aromatic heterocycles. The van der Waals surface area contributed by atoms with Crippen molar-refractivity contribution in [2.24, 2.45) is 0 Å². The van der Waals surface area contributed by atoms with Gasteiger partial charge < -0.3 is 5.32 Å². The molecule has 2 heteroatoms. The lowest BCUT2D eigenvalue weighted by atomic mass is 9.89. The highest BCUT2D eigenvalue weighted by Crippen LogP contribution is 2.36. The Morgan fingerprint density at radius 2 is 1.42 bits per heavy atom. The van der Waals surface area contributed by atoms with Crippen molar-refractivity contribution in [1.29, 1.82) is 0 Å². The van der Waals surface area contributed by atoms with E-state index in [1.54, 1.807) is 0 Å². The maximum atomic E-state index is 3.84. The summed E-state index contributed by atoms with van der Waals surface area (Å²) in [5.74, 6) is 0. The Morgan fingerprint density at radius 3 is 2.17 bits per heavy atom. The fraction of sp³-hybridized carbons (Fsp3) is 0.182. The molecule has 1 aliphatic rings. The van der Waals surface area contributed by atoms with E-state index in [2.05, 4.69) is 102 Å². The summed E-state index contributed by atoms with van der Waals surface area (Å²) >= 11 is 0. The molecule has 1 aliphatic heterocycles. The maximum Gasteiger partial charge on any atom is 0.0901 e. The first-order valence-electron chi connectivity index (χ1n) is 8.47. The fourth-order valence-electron chi connectivity index (χ4n) is 3.60. The van der Waals surface area contributed by atoms with Gasteiger partial charge in [-0.15, -0.1) is 0 Å². The highest BCUT2D eigenvalue weighted by molar-refractivity contribution is 5.59. The van der Waals surface area contributed by atoms with Crippen LogP contribution < -0.4 is 10.6 Å². The third-order valence-corrected chi connectivity index (χ3v) is 4.68. The number of nitrogens with one attached hydrogen (secondary N) is 2. The maximum absolute atomic E-state index is 3.84. The second-order valence-corrected chi connectivity index (χ2v) is 6.69. The van der Waals surface area contributed by atoms with Crippen LogP contribution >= 0.6 is 0 Å². The van der Waals surface area contributed by atoms with E-state index in [1.807, 2.05) is 0 Å². The van der Waals surface area contributed by atoms with E-state index in [-0.39, 0.29) is 11.7 Å². The van der Waals surface area contributed by atoms with Crippen molar-refractivity contribution in [1.82, 2.24) is 5.32 Å². The Labute approximate surface area is 143 Å². The van der Waals surface area contributed by atoms with Gasteiger partial charge in [0.15, 0.2) is 0 Å². The fourth-order valence-corrected chi connectivity index (χ4v) is 3.60. The average Bonchev–Trinajstić information content (AvgIpc) is 2.62. The van der Waals surface area contributed by atoms with Crippen molar-refractivity contribution in [2.45, 2.75) is 25.0 Å². The first-order chi connectivity index (χ1) is 11.7.